The Bertz CT molecular complexity index is 516. The molecule has 1 rings (SSSR count). The van der Waals surface area contributed by atoms with Crippen molar-refractivity contribution < 1.29 is 24.2 Å². The normalized spacial score (nSPS) is 10.3. The zero-order valence-electron chi connectivity index (χ0n) is 13.5. The Morgan fingerprint density at radius 1 is 1.09 bits per heavy atom. The summed E-state index contributed by atoms with van der Waals surface area (Å²) in [5.41, 5.74) is 5.75. The molecule has 6 nitrogen and oxygen atoms in total. The van der Waals surface area contributed by atoms with Crippen molar-refractivity contribution in [3.8, 4) is 5.75 Å². The van der Waals surface area contributed by atoms with Crippen molar-refractivity contribution >= 4 is 17.8 Å². The summed E-state index contributed by atoms with van der Waals surface area (Å²) in [4.78, 5) is 22.6. The van der Waals surface area contributed by atoms with E-state index in [-0.39, 0.29) is 17.9 Å². The van der Waals surface area contributed by atoms with Crippen LogP contribution in [-0.4, -0.2) is 23.8 Å². The summed E-state index contributed by atoms with van der Waals surface area (Å²) >= 11 is 0. The second-order valence-corrected chi connectivity index (χ2v) is 5.38. The highest BCUT2D eigenvalue weighted by Gasteiger charge is 2.15. The third-order valence-corrected chi connectivity index (χ3v) is 3.40. The molecule has 128 valence electrons. The Balaban J connectivity index is 2.29. The number of nitrogens with two attached hydrogens (primary N) is 1. The van der Waals surface area contributed by atoms with Gasteiger partial charge in [-0.25, -0.2) is 9.59 Å². The van der Waals surface area contributed by atoms with Crippen LogP contribution in [0.15, 0.2) is 18.2 Å². The van der Waals surface area contributed by atoms with Crippen molar-refractivity contribution in [2.45, 2.75) is 51.9 Å². The number of hydrogen-bond acceptors (Lipinski definition) is 5. The van der Waals surface area contributed by atoms with Crippen molar-refractivity contribution in [3.63, 3.8) is 0 Å². The van der Waals surface area contributed by atoms with E-state index < -0.39 is 12.1 Å². The molecule has 23 heavy (non-hydrogen) atoms. The lowest BCUT2D eigenvalue weighted by Gasteiger charge is -2.09. The molecule has 0 saturated heterocycles. The third kappa shape index (κ3) is 7.54. The van der Waals surface area contributed by atoms with Crippen LogP contribution < -0.4 is 10.5 Å². The van der Waals surface area contributed by atoms with Gasteiger partial charge in [-0.3, -0.25) is 0 Å². The zero-order valence-corrected chi connectivity index (χ0v) is 13.5. The molecule has 0 unspecified atom stereocenters. The minimum Gasteiger partial charge on any atom is -0.478 e. The summed E-state index contributed by atoms with van der Waals surface area (Å²) in [5, 5.41) is 9.03. The first kappa shape index (κ1) is 18.8. The molecule has 6 heteroatoms. The Kier molecular flexibility index (Phi) is 8.57. The van der Waals surface area contributed by atoms with Crippen LogP contribution in [0.5, 0.6) is 5.75 Å². The van der Waals surface area contributed by atoms with E-state index in [1.54, 1.807) is 0 Å². The maximum Gasteiger partial charge on any atom is 0.513 e. The number of carboxylic acid groups (broad SMARTS) is 1. The summed E-state index contributed by atoms with van der Waals surface area (Å²) in [5.74, 6) is -1.30. The average Bonchev–Trinajstić information content (AvgIpc) is 2.49. The van der Waals surface area contributed by atoms with E-state index in [1.807, 2.05) is 0 Å². The second kappa shape index (κ2) is 10.5. The molecule has 0 fully saturated rings. The van der Waals surface area contributed by atoms with Crippen LogP contribution in [0.25, 0.3) is 0 Å². The third-order valence-electron chi connectivity index (χ3n) is 3.40. The number of benzene rings is 1. The SMILES string of the molecule is CCCCCCCCCOC(=O)Oc1cc(N)ccc1C(=O)O. The van der Waals surface area contributed by atoms with E-state index in [0.717, 1.165) is 19.3 Å². The van der Waals surface area contributed by atoms with E-state index in [9.17, 15) is 9.59 Å². The van der Waals surface area contributed by atoms with Gasteiger partial charge in [0.1, 0.15) is 5.56 Å². The zero-order chi connectivity index (χ0) is 17.1. The maximum absolute atomic E-state index is 11.6. The molecule has 0 bridgehead atoms. The molecule has 0 aromatic heterocycles. The quantitative estimate of drug-likeness (QED) is 0.289. The van der Waals surface area contributed by atoms with E-state index in [1.165, 1.54) is 43.9 Å². The van der Waals surface area contributed by atoms with Gasteiger partial charge in [0.15, 0.2) is 5.75 Å². The van der Waals surface area contributed by atoms with Gasteiger partial charge >= 0.3 is 12.1 Å². The van der Waals surface area contributed by atoms with Gasteiger partial charge in [-0.05, 0) is 18.6 Å². The summed E-state index contributed by atoms with van der Waals surface area (Å²) < 4.78 is 9.88. The van der Waals surface area contributed by atoms with Crippen molar-refractivity contribution in [2.75, 3.05) is 12.3 Å². The molecule has 0 aliphatic rings. The van der Waals surface area contributed by atoms with Gasteiger partial charge in [-0.1, -0.05) is 45.4 Å². The molecule has 0 saturated carbocycles. The van der Waals surface area contributed by atoms with Crippen LogP contribution in [0.1, 0.15) is 62.2 Å². The number of ether oxygens (including phenoxy) is 2. The van der Waals surface area contributed by atoms with Gasteiger partial charge in [0, 0.05) is 11.8 Å². The topological polar surface area (TPSA) is 98.9 Å². The number of rotatable bonds is 10. The molecule has 0 aliphatic heterocycles. The molecule has 0 heterocycles. The van der Waals surface area contributed by atoms with Gasteiger partial charge in [0.05, 0.1) is 6.61 Å². The van der Waals surface area contributed by atoms with Crippen molar-refractivity contribution in [2.24, 2.45) is 0 Å². The molecule has 1 aromatic carbocycles. The lowest BCUT2D eigenvalue weighted by atomic mass is 10.1. The van der Waals surface area contributed by atoms with Crippen molar-refractivity contribution in [1.29, 1.82) is 0 Å². The summed E-state index contributed by atoms with van der Waals surface area (Å²) in [7, 11) is 0. The second-order valence-electron chi connectivity index (χ2n) is 5.38. The number of unbranched alkanes of at least 4 members (excludes halogenated alkanes) is 6. The average molecular weight is 323 g/mol. The number of carbonyl (C=O) groups excluding carboxylic acids is 1. The van der Waals surface area contributed by atoms with E-state index in [4.69, 9.17) is 20.3 Å². The largest absolute Gasteiger partial charge is 0.513 e. The Morgan fingerprint density at radius 3 is 2.39 bits per heavy atom. The highest BCUT2D eigenvalue weighted by atomic mass is 16.7. The van der Waals surface area contributed by atoms with E-state index in [0.29, 0.717) is 5.69 Å². The molecule has 1 aromatic rings. The van der Waals surface area contributed by atoms with E-state index in [2.05, 4.69) is 6.92 Å². The number of aromatic carboxylic acids is 1. The summed E-state index contributed by atoms with van der Waals surface area (Å²) in [6.45, 7) is 2.44. The minimum atomic E-state index is -1.19. The van der Waals surface area contributed by atoms with Crippen molar-refractivity contribution in [1.82, 2.24) is 0 Å². The maximum atomic E-state index is 11.6. The standard InChI is InChI=1S/C17H25NO5/c1-2-3-4-5-6-7-8-11-22-17(21)23-15-12-13(18)9-10-14(15)16(19)20/h9-10,12H,2-8,11,18H2,1H3,(H,19,20). The Labute approximate surface area is 136 Å². The first-order chi connectivity index (χ1) is 11.0. The van der Waals surface area contributed by atoms with Crippen LogP contribution in [0.4, 0.5) is 10.5 Å². The number of carboxylic acids is 1. The van der Waals surface area contributed by atoms with Crippen LogP contribution in [0, 0.1) is 0 Å². The predicted octanol–water partition coefficient (Wildman–Crippen LogP) is 4.23. The fourth-order valence-electron chi connectivity index (χ4n) is 2.13. The van der Waals surface area contributed by atoms with Gasteiger partial charge in [0.25, 0.3) is 0 Å². The Hall–Kier alpha value is -2.24. The van der Waals surface area contributed by atoms with Crippen LogP contribution in [0.3, 0.4) is 0 Å². The summed E-state index contributed by atoms with van der Waals surface area (Å²) in [6, 6.07) is 4.01. The molecule has 0 amide bonds. The molecular weight excluding hydrogens is 298 g/mol. The first-order valence-corrected chi connectivity index (χ1v) is 8.02. The molecular formula is C17H25NO5. The van der Waals surface area contributed by atoms with Gasteiger partial charge in [-0.15, -0.1) is 0 Å². The molecule has 0 aliphatic carbocycles. The molecule has 0 atom stereocenters. The predicted molar refractivity (Wildman–Crippen MR) is 87.8 cm³/mol. The number of anilines is 1. The monoisotopic (exact) mass is 323 g/mol. The lowest BCUT2D eigenvalue weighted by Crippen LogP contribution is -2.14. The molecule has 0 radical (unpaired) electrons. The van der Waals surface area contributed by atoms with Crippen LogP contribution in [-0.2, 0) is 4.74 Å². The van der Waals surface area contributed by atoms with Crippen LogP contribution in [0.2, 0.25) is 0 Å². The number of nitrogen functional groups attached to an aromatic ring is 1. The minimum absolute atomic E-state index is 0.109. The Morgan fingerprint density at radius 2 is 1.74 bits per heavy atom. The summed E-state index contributed by atoms with van der Waals surface area (Å²) in [6.07, 6.45) is 6.89. The van der Waals surface area contributed by atoms with Gasteiger partial charge < -0.3 is 20.3 Å². The molecule has 0 spiro atoms. The lowest BCUT2D eigenvalue weighted by molar-refractivity contribution is 0.0689. The fraction of sp³-hybridized carbons (Fsp3) is 0.529. The van der Waals surface area contributed by atoms with Crippen LogP contribution >= 0.6 is 0 Å². The highest BCUT2D eigenvalue weighted by Crippen LogP contribution is 2.22. The highest BCUT2D eigenvalue weighted by molar-refractivity contribution is 5.92. The number of hydrogen-bond donors (Lipinski definition) is 2. The van der Waals surface area contributed by atoms with E-state index >= 15 is 0 Å². The number of carbonyl (C=O) groups is 2. The van der Waals surface area contributed by atoms with Gasteiger partial charge in [-0.2, -0.15) is 0 Å². The molecule has 3 N–H and O–H groups in total. The first-order valence-electron chi connectivity index (χ1n) is 8.02. The fourth-order valence-corrected chi connectivity index (χ4v) is 2.13. The van der Waals surface area contributed by atoms with Gasteiger partial charge in [0.2, 0.25) is 0 Å². The van der Waals surface area contributed by atoms with Crippen molar-refractivity contribution in [3.05, 3.63) is 23.8 Å². The smallest absolute Gasteiger partial charge is 0.478 e.